The molecule has 0 unspecified atom stereocenters. The maximum absolute atomic E-state index is 13.4. The first-order chi connectivity index (χ1) is 18.6. The lowest BCUT2D eigenvalue weighted by molar-refractivity contribution is 0.171. The van der Waals surface area contributed by atoms with E-state index in [2.05, 4.69) is 10.1 Å². The fourth-order valence-electron chi connectivity index (χ4n) is 4.53. The van der Waals surface area contributed by atoms with Gasteiger partial charge in [0.25, 0.3) is 5.56 Å². The Morgan fingerprint density at radius 3 is 2.53 bits per heavy atom. The van der Waals surface area contributed by atoms with Crippen LogP contribution in [-0.4, -0.2) is 37.6 Å². The van der Waals surface area contributed by atoms with E-state index in [1.807, 2.05) is 96.7 Å². The molecule has 0 spiro atoms. The summed E-state index contributed by atoms with van der Waals surface area (Å²) < 4.78 is 15.2. The van der Waals surface area contributed by atoms with Crippen LogP contribution < -0.4 is 19.6 Å². The molecule has 4 heterocycles. The van der Waals surface area contributed by atoms with E-state index in [4.69, 9.17) is 14.6 Å². The van der Waals surface area contributed by atoms with E-state index in [9.17, 15) is 4.79 Å². The number of rotatable bonds is 4. The lowest BCUT2D eigenvalue weighted by Gasteiger charge is -2.18. The van der Waals surface area contributed by atoms with Crippen LogP contribution >= 0.6 is 11.3 Å². The van der Waals surface area contributed by atoms with Crippen LogP contribution in [0.15, 0.2) is 83.8 Å². The summed E-state index contributed by atoms with van der Waals surface area (Å²) >= 11 is 1.31. The second kappa shape index (κ2) is 8.97. The zero-order chi connectivity index (χ0) is 25.6. The number of hydrogen-bond donors (Lipinski definition) is 0. The molecule has 8 nitrogen and oxygen atoms in total. The van der Waals surface area contributed by atoms with Crippen molar-refractivity contribution in [1.29, 1.82) is 0 Å². The number of aryl methyl sites for hydroxylation is 1. The first-order valence-corrected chi connectivity index (χ1v) is 13.0. The van der Waals surface area contributed by atoms with Gasteiger partial charge < -0.3 is 9.47 Å². The summed E-state index contributed by atoms with van der Waals surface area (Å²) in [5, 5.41) is 9.40. The standard InChI is InChI=1S/C29H21N5O3S/c1-18-7-5-6-10-22(18)27-30-29-34(32-27)28(35)25(38-29)16-20-17-33(21-8-3-2-4-9-21)31-26(20)19-11-12-23-24(15-19)37-14-13-36-23/h2-12,15-17H,13-14H2,1H3/b25-16-. The normalized spacial score (nSPS) is 13.3. The van der Waals surface area contributed by atoms with Crippen LogP contribution in [0.3, 0.4) is 0 Å². The number of nitrogens with zero attached hydrogens (tertiary/aromatic N) is 5. The van der Waals surface area contributed by atoms with Gasteiger partial charge in [-0.15, -0.1) is 5.10 Å². The zero-order valence-corrected chi connectivity index (χ0v) is 21.2. The van der Waals surface area contributed by atoms with E-state index in [1.54, 1.807) is 0 Å². The molecule has 7 rings (SSSR count). The molecule has 0 N–H and O–H groups in total. The van der Waals surface area contributed by atoms with E-state index in [-0.39, 0.29) is 5.56 Å². The topological polar surface area (TPSA) is 83.5 Å². The number of benzene rings is 3. The maximum atomic E-state index is 13.4. The van der Waals surface area contributed by atoms with Gasteiger partial charge in [-0.3, -0.25) is 4.79 Å². The monoisotopic (exact) mass is 519 g/mol. The molecule has 3 aromatic heterocycles. The van der Waals surface area contributed by atoms with Crippen LogP contribution in [-0.2, 0) is 0 Å². The number of aromatic nitrogens is 5. The lowest BCUT2D eigenvalue weighted by Crippen LogP contribution is -2.23. The Kier molecular flexibility index (Phi) is 5.29. The predicted molar refractivity (Wildman–Crippen MR) is 146 cm³/mol. The second-order valence-corrected chi connectivity index (χ2v) is 9.94. The first kappa shape index (κ1) is 22.4. The lowest BCUT2D eigenvalue weighted by atomic mass is 10.1. The van der Waals surface area contributed by atoms with Crippen molar-refractivity contribution in [3.63, 3.8) is 0 Å². The van der Waals surface area contributed by atoms with E-state index >= 15 is 0 Å². The third-order valence-corrected chi connectivity index (χ3v) is 7.39. The van der Waals surface area contributed by atoms with Gasteiger partial charge >= 0.3 is 0 Å². The molecular formula is C29H21N5O3S. The van der Waals surface area contributed by atoms with Gasteiger partial charge in [-0.25, -0.2) is 4.68 Å². The maximum Gasteiger partial charge on any atom is 0.291 e. The van der Waals surface area contributed by atoms with Crippen LogP contribution in [0.1, 0.15) is 11.1 Å². The number of thiazole rings is 1. The zero-order valence-electron chi connectivity index (χ0n) is 20.4. The summed E-state index contributed by atoms with van der Waals surface area (Å²) in [5.74, 6) is 1.94. The molecule has 0 atom stereocenters. The number of fused-ring (bicyclic) bond motifs is 2. The van der Waals surface area contributed by atoms with E-state index < -0.39 is 0 Å². The summed E-state index contributed by atoms with van der Waals surface area (Å²) in [6, 6.07) is 23.5. The van der Waals surface area contributed by atoms with Crippen molar-refractivity contribution in [3.8, 4) is 39.8 Å². The molecule has 9 heteroatoms. The summed E-state index contributed by atoms with van der Waals surface area (Å²) in [7, 11) is 0. The van der Waals surface area contributed by atoms with Crippen LogP contribution in [0.4, 0.5) is 0 Å². The van der Waals surface area contributed by atoms with Crippen molar-refractivity contribution in [2.45, 2.75) is 6.92 Å². The van der Waals surface area contributed by atoms with Crippen molar-refractivity contribution in [2.24, 2.45) is 0 Å². The van der Waals surface area contributed by atoms with Crippen LogP contribution in [0, 0.1) is 6.92 Å². The highest BCUT2D eigenvalue weighted by atomic mass is 32.1. The van der Waals surface area contributed by atoms with Crippen LogP contribution in [0.25, 0.3) is 39.4 Å². The summed E-state index contributed by atoms with van der Waals surface area (Å²) in [6.07, 6.45) is 3.78. The molecule has 6 aromatic rings. The second-order valence-electron chi connectivity index (χ2n) is 8.93. The van der Waals surface area contributed by atoms with Crippen molar-refractivity contribution in [2.75, 3.05) is 13.2 Å². The molecule has 0 bridgehead atoms. The van der Waals surface area contributed by atoms with Crippen LogP contribution in [0.5, 0.6) is 11.5 Å². The van der Waals surface area contributed by atoms with Crippen molar-refractivity contribution in [3.05, 3.63) is 105 Å². The molecule has 0 fully saturated rings. The van der Waals surface area contributed by atoms with Gasteiger partial charge in [-0.1, -0.05) is 53.8 Å². The molecule has 3 aromatic carbocycles. The van der Waals surface area contributed by atoms with E-state index in [1.165, 1.54) is 15.9 Å². The molecule has 1 aliphatic heterocycles. The SMILES string of the molecule is Cc1ccccc1-c1nc2s/c(=C\c3cn(-c4ccccc4)nc3-c3ccc4c(c3)OCCO4)c(=O)n2n1. The fourth-order valence-corrected chi connectivity index (χ4v) is 5.43. The molecule has 0 aliphatic carbocycles. The molecule has 186 valence electrons. The summed E-state index contributed by atoms with van der Waals surface area (Å²) in [5.41, 5.74) is 5.07. The minimum absolute atomic E-state index is 0.210. The minimum Gasteiger partial charge on any atom is -0.486 e. The van der Waals surface area contributed by atoms with Gasteiger partial charge in [-0.05, 0) is 48.9 Å². The Morgan fingerprint density at radius 2 is 1.71 bits per heavy atom. The van der Waals surface area contributed by atoms with Gasteiger partial charge in [0.05, 0.1) is 10.2 Å². The third kappa shape index (κ3) is 3.84. The third-order valence-electron chi connectivity index (χ3n) is 6.43. The van der Waals surface area contributed by atoms with Gasteiger partial charge in [-0.2, -0.15) is 14.6 Å². The summed E-state index contributed by atoms with van der Waals surface area (Å²) in [6.45, 7) is 3.03. The Balaban J connectivity index is 1.37. The molecular weight excluding hydrogens is 498 g/mol. The molecule has 0 amide bonds. The highest BCUT2D eigenvalue weighted by molar-refractivity contribution is 7.15. The van der Waals surface area contributed by atoms with E-state index in [0.29, 0.717) is 40.0 Å². The van der Waals surface area contributed by atoms with Crippen LogP contribution in [0.2, 0.25) is 0 Å². The number of ether oxygens (including phenoxy) is 2. The number of hydrogen-bond acceptors (Lipinski definition) is 7. The smallest absolute Gasteiger partial charge is 0.291 e. The summed E-state index contributed by atoms with van der Waals surface area (Å²) in [4.78, 5) is 18.6. The fraction of sp³-hybridized carbons (Fsp3) is 0.103. The molecule has 38 heavy (non-hydrogen) atoms. The molecule has 0 saturated carbocycles. The Labute approximate surface area is 221 Å². The Morgan fingerprint density at radius 1 is 0.921 bits per heavy atom. The predicted octanol–water partition coefficient (Wildman–Crippen LogP) is 4.30. The quantitative estimate of drug-likeness (QED) is 0.345. The average molecular weight is 520 g/mol. The van der Waals surface area contributed by atoms with Gasteiger partial charge in [0, 0.05) is 22.9 Å². The highest BCUT2D eigenvalue weighted by Crippen LogP contribution is 2.35. The van der Waals surface area contributed by atoms with E-state index in [0.717, 1.165) is 33.6 Å². The van der Waals surface area contributed by atoms with Crippen molar-refractivity contribution < 1.29 is 9.47 Å². The molecule has 0 radical (unpaired) electrons. The van der Waals surface area contributed by atoms with Crippen molar-refractivity contribution in [1.82, 2.24) is 24.4 Å². The minimum atomic E-state index is -0.210. The van der Waals surface area contributed by atoms with Crippen molar-refractivity contribution >= 4 is 22.4 Å². The first-order valence-electron chi connectivity index (χ1n) is 12.2. The largest absolute Gasteiger partial charge is 0.486 e. The Hall–Kier alpha value is -4.76. The molecule has 0 saturated heterocycles. The average Bonchev–Trinajstić information content (AvgIpc) is 3.64. The van der Waals surface area contributed by atoms with Gasteiger partial charge in [0.1, 0.15) is 18.9 Å². The molecule has 1 aliphatic rings. The van der Waals surface area contributed by atoms with Gasteiger partial charge in [0.15, 0.2) is 17.3 Å². The number of para-hydroxylation sites is 1. The van der Waals surface area contributed by atoms with Gasteiger partial charge in [0.2, 0.25) is 4.96 Å². The highest BCUT2D eigenvalue weighted by Gasteiger charge is 2.18. The Bertz CT molecular complexity index is 1920.